The van der Waals surface area contributed by atoms with Crippen molar-refractivity contribution in [3.8, 4) is 73.0 Å². The Labute approximate surface area is 472 Å². The minimum atomic E-state index is 0. The van der Waals surface area contributed by atoms with Gasteiger partial charge in [-0.05, 0) is 105 Å². The van der Waals surface area contributed by atoms with Crippen LogP contribution in [0.5, 0.6) is 11.5 Å². The summed E-state index contributed by atoms with van der Waals surface area (Å²) in [5, 5.41) is 2.17. The Morgan fingerprint density at radius 3 is 1.74 bits per heavy atom. The molecule has 1 aliphatic rings. The first-order valence-corrected chi connectivity index (χ1v) is 26.3. The molecule has 0 saturated heterocycles. The molecule has 382 valence electrons. The Balaban J connectivity index is 0.00000609. The monoisotopic (exact) mass is 1190 g/mol. The molecular weight excluding hydrogens is 1130 g/mol. The molecule has 13 rings (SSSR count). The molecule has 6 heteroatoms. The van der Waals surface area contributed by atoms with Gasteiger partial charge < -0.3 is 19.1 Å². The third-order valence-electron chi connectivity index (χ3n) is 14.9. The standard InChI is InChI=1S/C72H55N4O.Pt/c1-48-29-31-53(32-30-48)65-46-73-70(41-49(65)2)76-66-40-35-55(51-19-10-7-11-20-51)43-64(66)63-39-38-60(45-69(63)76)77-59-24-15-23-58(44-59)74-47-75(68-28-13-12-27-67(68)74)71-61(52-33-36-57(37-34-52)72(3,4)5)25-16-26-62(71)56-22-14-21-54(42-56)50-17-8-6-9-18-50;/h6-43,46-47H,1-5H3;/q-3;. The van der Waals surface area contributed by atoms with E-state index in [-0.39, 0.29) is 26.5 Å². The van der Waals surface area contributed by atoms with Gasteiger partial charge in [-0.15, -0.1) is 48.1 Å². The number of nitrogens with zero attached hydrogens (tertiary/aromatic N) is 4. The van der Waals surface area contributed by atoms with Gasteiger partial charge in [-0.2, -0.15) is 12.1 Å². The van der Waals surface area contributed by atoms with Crippen LogP contribution < -0.4 is 14.5 Å². The third kappa shape index (κ3) is 9.39. The molecule has 78 heavy (non-hydrogen) atoms. The molecule has 0 fully saturated rings. The van der Waals surface area contributed by atoms with Crippen LogP contribution in [0.2, 0.25) is 0 Å². The summed E-state index contributed by atoms with van der Waals surface area (Å²) in [6.45, 7) is 13.3. The van der Waals surface area contributed by atoms with Crippen molar-refractivity contribution in [2.24, 2.45) is 0 Å². The molecule has 0 aliphatic carbocycles. The average Bonchev–Trinajstić information content (AvgIpc) is 4.03. The number of rotatable bonds is 10. The topological polar surface area (TPSA) is 33.5 Å². The zero-order valence-corrected chi connectivity index (χ0v) is 46.4. The maximum atomic E-state index is 6.81. The number of pyridine rings is 1. The van der Waals surface area contributed by atoms with E-state index in [1.165, 1.54) is 22.3 Å². The first kappa shape index (κ1) is 50.1. The summed E-state index contributed by atoms with van der Waals surface area (Å²) in [5.74, 6) is 1.97. The van der Waals surface area contributed by atoms with Crippen LogP contribution in [0.3, 0.4) is 0 Å². The zero-order valence-electron chi connectivity index (χ0n) is 44.1. The molecule has 0 atom stereocenters. The second-order valence-corrected chi connectivity index (χ2v) is 21.1. The molecule has 1 aliphatic heterocycles. The van der Waals surface area contributed by atoms with Crippen LogP contribution in [0.4, 0.5) is 22.7 Å². The van der Waals surface area contributed by atoms with Crippen LogP contribution in [0.1, 0.15) is 37.5 Å². The van der Waals surface area contributed by atoms with Crippen molar-refractivity contribution in [3.63, 3.8) is 0 Å². The van der Waals surface area contributed by atoms with Crippen LogP contribution in [-0.2, 0) is 26.5 Å². The Morgan fingerprint density at radius 1 is 0.462 bits per heavy atom. The first-order chi connectivity index (χ1) is 37.6. The van der Waals surface area contributed by atoms with Crippen molar-refractivity contribution in [2.45, 2.75) is 40.0 Å². The summed E-state index contributed by atoms with van der Waals surface area (Å²) in [5.41, 5.74) is 21.1. The van der Waals surface area contributed by atoms with E-state index in [0.717, 1.165) is 100 Å². The number of benzene rings is 10. The number of para-hydroxylation sites is 3. The second kappa shape index (κ2) is 20.6. The number of aryl methyl sites for hydroxylation is 2. The molecular formula is C72H55N4OPt-3. The van der Waals surface area contributed by atoms with Crippen LogP contribution in [0.15, 0.2) is 237 Å². The molecule has 3 heterocycles. The van der Waals surface area contributed by atoms with Gasteiger partial charge in [0.1, 0.15) is 5.82 Å². The van der Waals surface area contributed by atoms with E-state index in [1.54, 1.807) is 0 Å². The molecule has 5 nitrogen and oxygen atoms in total. The van der Waals surface area contributed by atoms with Crippen molar-refractivity contribution in [1.29, 1.82) is 0 Å². The Kier molecular flexibility index (Phi) is 13.3. The van der Waals surface area contributed by atoms with Crippen molar-refractivity contribution < 1.29 is 25.8 Å². The quantitative estimate of drug-likeness (QED) is 0.128. The van der Waals surface area contributed by atoms with Crippen LogP contribution >= 0.6 is 0 Å². The SMILES string of the molecule is Cc1ccc(-c2cnc(-n3c4[c-]c(Oc5[c-]c(N6[CH-]N(c7c(-c8ccc(C(C)(C)C)cc8)cccc7-c7cccc(-c8ccccc8)c7)c7ccccc76)ccc5)ccc4c4cc(-c5ccccc5)ccc43)cc2C)cc1.[Pt]. The van der Waals surface area contributed by atoms with Gasteiger partial charge in [0.05, 0.1) is 0 Å². The number of aromatic nitrogens is 2. The average molecular weight is 1190 g/mol. The van der Waals surface area contributed by atoms with E-state index in [4.69, 9.17) is 9.72 Å². The van der Waals surface area contributed by atoms with Gasteiger partial charge in [-0.1, -0.05) is 202 Å². The van der Waals surface area contributed by atoms with E-state index in [2.05, 4.69) is 280 Å². The van der Waals surface area contributed by atoms with Crippen molar-refractivity contribution >= 4 is 44.6 Å². The van der Waals surface area contributed by atoms with E-state index in [1.807, 2.05) is 24.4 Å². The van der Waals surface area contributed by atoms with Gasteiger partial charge >= 0.3 is 0 Å². The number of anilines is 4. The van der Waals surface area contributed by atoms with E-state index >= 15 is 0 Å². The summed E-state index contributed by atoms with van der Waals surface area (Å²) >= 11 is 0. The summed E-state index contributed by atoms with van der Waals surface area (Å²) in [4.78, 5) is 9.70. The summed E-state index contributed by atoms with van der Waals surface area (Å²) in [7, 11) is 0. The van der Waals surface area contributed by atoms with Gasteiger partial charge in [0, 0.05) is 78.0 Å². The Bertz CT molecular complexity index is 4160. The summed E-state index contributed by atoms with van der Waals surface area (Å²) in [6, 6.07) is 89.5. The summed E-state index contributed by atoms with van der Waals surface area (Å²) in [6.07, 6.45) is 1.99. The van der Waals surface area contributed by atoms with E-state index < -0.39 is 0 Å². The molecule has 12 aromatic rings. The molecule has 0 N–H and O–H groups in total. The predicted octanol–water partition coefficient (Wildman–Crippen LogP) is 19.2. The molecule has 0 radical (unpaired) electrons. The zero-order chi connectivity index (χ0) is 52.2. The molecule has 0 amide bonds. The van der Waals surface area contributed by atoms with Gasteiger partial charge in [-0.3, -0.25) is 0 Å². The molecule has 0 spiro atoms. The fraction of sp³-hybridized carbons (Fsp3) is 0.0833. The van der Waals surface area contributed by atoms with E-state index in [0.29, 0.717) is 11.5 Å². The first-order valence-electron chi connectivity index (χ1n) is 26.3. The van der Waals surface area contributed by atoms with Crippen molar-refractivity contribution in [1.82, 2.24) is 9.55 Å². The van der Waals surface area contributed by atoms with Crippen LogP contribution in [0, 0.1) is 32.6 Å². The number of ether oxygens (including phenoxy) is 1. The fourth-order valence-corrected chi connectivity index (χ4v) is 10.9. The molecule has 10 aromatic carbocycles. The maximum absolute atomic E-state index is 6.81. The molecule has 2 aromatic heterocycles. The molecule has 0 saturated carbocycles. The summed E-state index contributed by atoms with van der Waals surface area (Å²) < 4.78 is 9.03. The van der Waals surface area contributed by atoms with Gasteiger partial charge in [0.15, 0.2) is 0 Å². The fourth-order valence-electron chi connectivity index (χ4n) is 10.9. The van der Waals surface area contributed by atoms with Crippen molar-refractivity contribution in [3.05, 3.63) is 272 Å². The van der Waals surface area contributed by atoms with Gasteiger partial charge in [0.2, 0.25) is 0 Å². The number of fused-ring (bicyclic) bond motifs is 4. The number of hydrogen-bond donors (Lipinski definition) is 0. The Morgan fingerprint density at radius 2 is 1.04 bits per heavy atom. The van der Waals surface area contributed by atoms with E-state index in [9.17, 15) is 0 Å². The van der Waals surface area contributed by atoms with Crippen molar-refractivity contribution in [2.75, 3.05) is 9.80 Å². The number of hydrogen-bond acceptors (Lipinski definition) is 4. The smallest absolute Gasteiger partial charge is 0.135 e. The van der Waals surface area contributed by atoms with Crippen LogP contribution in [0.25, 0.3) is 83.3 Å². The minimum absolute atomic E-state index is 0. The molecule has 0 unspecified atom stereocenters. The molecule has 0 bridgehead atoms. The van der Waals surface area contributed by atoms with Crippen LogP contribution in [-0.4, -0.2) is 9.55 Å². The maximum Gasteiger partial charge on any atom is 0.135 e. The predicted molar refractivity (Wildman–Crippen MR) is 320 cm³/mol. The minimum Gasteiger partial charge on any atom is -0.509 e. The Hall–Kier alpha value is -8.76. The van der Waals surface area contributed by atoms with Gasteiger partial charge in [-0.25, -0.2) is 4.98 Å². The second-order valence-electron chi connectivity index (χ2n) is 21.1. The van der Waals surface area contributed by atoms with Gasteiger partial charge in [0.25, 0.3) is 0 Å². The largest absolute Gasteiger partial charge is 0.509 e. The third-order valence-corrected chi connectivity index (χ3v) is 14.9. The normalized spacial score (nSPS) is 12.2.